The Morgan fingerprint density at radius 3 is 2.65 bits per heavy atom. The van der Waals surface area contributed by atoms with Crippen molar-refractivity contribution in [2.45, 2.75) is 45.3 Å². The number of nitrogen functional groups attached to an aromatic ring is 1. The van der Waals surface area contributed by atoms with Crippen LogP contribution in [-0.2, 0) is 22.6 Å². The molecule has 0 saturated carbocycles. The van der Waals surface area contributed by atoms with Gasteiger partial charge in [0.2, 0.25) is 11.8 Å². The molecule has 0 spiro atoms. The maximum absolute atomic E-state index is 13.0. The molecule has 2 aromatic heterocycles. The molecule has 6 N–H and O–H groups in total. The second-order valence-electron chi connectivity index (χ2n) is 7.74. The Morgan fingerprint density at radius 2 is 1.94 bits per heavy atom. The molecule has 2 amide bonds. The number of fused-ring (bicyclic) bond motifs is 1. The largest absolute Gasteiger partial charge is 0.384 e. The van der Waals surface area contributed by atoms with E-state index in [1.165, 1.54) is 0 Å². The third-order valence-corrected chi connectivity index (χ3v) is 6.50. The number of nitrogens with one attached hydrogen (secondary N) is 2. The van der Waals surface area contributed by atoms with E-state index in [0.717, 1.165) is 27.6 Å². The lowest BCUT2D eigenvalue weighted by Crippen LogP contribution is -2.53. The van der Waals surface area contributed by atoms with Crippen LogP contribution in [0, 0.1) is 5.92 Å². The monoisotopic (exact) mass is 439 g/mol. The highest BCUT2D eigenvalue weighted by molar-refractivity contribution is 7.17. The highest BCUT2D eigenvalue weighted by Gasteiger charge is 2.27. The Balaban J connectivity index is 1.76. The van der Waals surface area contributed by atoms with Crippen molar-refractivity contribution in [1.29, 1.82) is 0 Å². The van der Waals surface area contributed by atoms with E-state index < -0.39 is 12.1 Å². The van der Waals surface area contributed by atoms with E-state index in [0.29, 0.717) is 18.8 Å². The molecule has 3 atom stereocenters. The second-order valence-corrected chi connectivity index (χ2v) is 8.65. The number of hydrogen-bond acceptors (Lipinski definition) is 6. The molecule has 0 radical (unpaired) electrons. The fourth-order valence-electron chi connectivity index (χ4n) is 3.25. The maximum atomic E-state index is 13.0. The molecule has 31 heavy (non-hydrogen) atoms. The summed E-state index contributed by atoms with van der Waals surface area (Å²) in [6.07, 6.45) is 2.79. The van der Waals surface area contributed by atoms with Gasteiger partial charge in [-0.25, -0.2) is 4.98 Å². The lowest BCUT2D eigenvalue weighted by molar-refractivity contribution is -0.130. The number of pyridine rings is 1. The predicted octanol–water partition coefficient (Wildman–Crippen LogP) is 2.60. The zero-order chi connectivity index (χ0) is 22.4. The standard InChI is InChI=1S/C23H29N5O2S/c1-3-14(2)21(25)23(30)28-18(10-16-13-31-19-7-5-4-6-17(16)19)22(29)27-12-15-8-9-20(24)26-11-15/h4-9,11,13-14,18,21H,3,10,12,25H2,1-2H3,(H2,24,26)(H,27,29)(H,28,30)/t14?,18-,21+/m1/s1. The molecule has 7 nitrogen and oxygen atoms in total. The summed E-state index contributed by atoms with van der Waals surface area (Å²) in [7, 11) is 0. The average Bonchev–Trinajstić information content (AvgIpc) is 3.19. The number of benzene rings is 1. The van der Waals surface area contributed by atoms with Crippen molar-refractivity contribution in [3.63, 3.8) is 0 Å². The summed E-state index contributed by atoms with van der Waals surface area (Å²) in [5.74, 6) is -0.143. The van der Waals surface area contributed by atoms with E-state index in [4.69, 9.17) is 11.5 Å². The average molecular weight is 440 g/mol. The van der Waals surface area contributed by atoms with Crippen LogP contribution in [0.5, 0.6) is 0 Å². The van der Waals surface area contributed by atoms with Gasteiger partial charge in [-0.15, -0.1) is 11.3 Å². The van der Waals surface area contributed by atoms with Crippen molar-refractivity contribution >= 4 is 39.1 Å². The fourth-order valence-corrected chi connectivity index (χ4v) is 4.23. The lowest BCUT2D eigenvalue weighted by Gasteiger charge is -2.23. The number of thiophene rings is 1. The highest BCUT2D eigenvalue weighted by atomic mass is 32.1. The molecule has 2 heterocycles. The summed E-state index contributed by atoms with van der Waals surface area (Å²) < 4.78 is 1.15. The van der Waals surface area contributed by atoms with Crippen molar-refractivity contribution in [3.05, 3.63) is 59.1 Å². The molecular formula is C23H29N5O2S. The van der Waals surface area contributed by atoms with Crippen LogP contribution in [0.3, 0.4) is 0 Å². The Morgan fingerprint density at radius 1 is 1.16 bits per heavy atom. The van der Waals surface area contributed by atoms with Crippen LogP contribution >= 0.6 is 11.3 Å². The van der Waals surface area contributed by atoms with Gasteiger partial charge in [0.1, 0.15) is 11.9 Å². The third kappa shape index (κ3) is 5.80. The molecule has 0 saturated heterocycles. The molecule has 0 fully saturated rings. The van der Waals surface area contributed by atoms with Crippen LogP contribution in [0.25, 0.3) is 10.1 Å². The van der Waals surface area contributed by atoms with E-state index in [-0.39, 0.29) is 17.7 Å². The number of carbonyl (C=O) groups is 2. The summed E-state index contributed by atoms with van der Waals surface area (Å²) >= 11 is 1.62. The first kappa shape index (κ1) is 22.7. The molecule has 3 aromatic rings. The first-order valence-electron chi connectivity index (χ1n) is 10.4. The van der Waals surface area contributed by atoms with Crippen molar-refractivity contribution < 1.29 is 9.59 Å². The van der Waals surface area contributed by atoms with Gasteiger partial charge in [0.05, 0.1) is 6.04 Å². The molecule has 1 aromatic carbocycles. The van der Waals surface area contributed by atoms with Crippen LogP contribution in [-0.4, -0.2) is 28.9 Å². The van der Waals surface area contributed by atoms with Gasteiger partial charge >= 0.3 is 0 Å². The Labute approximate surface area is 186 Å². The Bertz CT molecular complexity index is 1030. The number of rotatable bonds is 9. The minimum atomic E-state index is -0.734. The van der Waals surface area contributed by atoms with Crippen LogP contribution in [0.1, 0.15) is 31.4 Å². The quantitative estimate of drug-likeness (QED) is 0.408. The number of hydrogen-bond donors (Lipinski definition) is 4. The summed E-state index contributed by atoms with van der Waals surface area (Å²) in [4.78, 5) is 29.8. The van der Waals surface area contributed by atoms with E-state index >= 15 is 0 Å². The van der Waals surface area contributed by atoms with Crippen molar-refractivity contribution in [2.24, 2.45) is 11.7 Å². The molecule has 0 aliphatic rings. The van der Waals surface area contributed by atoms with Crippen LogP contribution in [0.4, 0.5) is 5.82 Å². The molecule has 0 aliphatic carbocycles. The van der Waals surface area contributed by atoms with Crippen molar-refractivity contribution in [3.8, 4) is 0 Å². The number of carbonyl (C=O) groups excluding carboxylic acids is 2. The number of nitrogens with two attached hydrogens (primary N) is 2. The molecule has 0 aliphatic heterocycles. The van der Waals surface area contributed by atoms with E-state index in [2.05, 4.69) is 15.6 Å². The second kappa shape index (κ2) is 10.4. The fraction of sp³-hybridized carbons (Fsp3) is 0.348. The molecule has 3 rings (SSSR count). The van der Waals surface area contributed by atoms with Crippen LogP contribution in [0.15, 0.2) is 48.0 Å². The number of anilines is 1. The molecule has 164 valence electrons. The van der Waals surface area contributed by atoms with Gasteiger partial charge in [-0.3, -0.25) is 9.59 Å². The van der Waals surface area contributed by atoms with E-state index in [9.17, 15) is 9.59 Å². The number of aromatic nitrogens is 1. The first-order valence-corrected chi connectivity index (χ1v) is 11.3. The maximum Gasteiger partial charge on any atom is 0.243 e. The zero-order valence-corrected chi connectivity index (χ0v) is 18.6. The normalized spacial score (nSPS) is 14.0. The summed E-state index contributed by atoms with van der Waals surface area (Å²) in [6, 6.07) is 10.1. The highest BCUT2D eigenvalue weighted by Crippen LogP contribution is 2.26. The van der Waals surface area contributed by atoms with Gasteiger partial charge in [0.25, 0.3) is 0 Å². The molecule has 1 unspecified atom stereocenters. The third-order valence-electron chi connectivity index (χ3n) is 5.49. The first-order chi connectivity index (χ1) is 14.9. The van der Waals surface area contributed by atoms with Gasteiger partial charge in [-0.2, -0.15) is 0 Å². The SMILES string of the molecule is CCC(C)[C@H](N)C(=O)N[C@H](Cc1csc2ccccc12)C(=O)NCc1ccc(N)nc1. The van der Waals surface area contributed by atoms with E-state index in [1.54, 1.807) is 29.7 Å². The molecule has 0 bridgehead atoms. The summed E-state index contributed by atoms with van der Waals surface area (Å²) in [5, 5.41) is 8.90. The predicted molar refractivity (Wildman–Crippen MR) is 125 cm³/mol. The van der Waals surface area contributed by atoms with E-state index in [1.807, 2.05) is 43.5 Å². The summed E-state index contributed by atoms with van der Waals surface area (Å²) in [6.45, 7) is 4.21. The molecular weight excluding hydrogens is 410 g/mol. The Kier molecular flexibility index (Phi) is 7.59. The number of nitrogens with zero attached hydrogens (tertiary/aromatic N) is 1. The van der Waals surface area contributed by atoms with Gasteiger partial charge in [-0.1, -0.05) is 44.5 Å². The van der Waals surface area contributed by atoms with Gasteiger partial charge in [0, 0.05) is 23.9 Å². The summed E-state index contributed by atoms with van der Waals surface area (Å²) in [5.41, 5.74) is 13.6. The van der Waals surface area contributed by atoms with Crippen molar-refractivity contribution in [2.75, 3.05) is 5.73 Å². The molecule has 8 heteroatoms. The van der Waals surface area contributed by atoms with Crippen LogP contribution < -0.4 is 22.1 Å². The zero-order valence-electron chi connectivity index (χ0n) is 17.8. The van der Waals surface area contributed by atoms with Gasteiger partial charge in [0.15, 0.2) is 0 Å². The van der Waals surface area contributed by atoms with Crippen molar-refractivity contribution in [1.82, 2.24) is 15.6 Å². The smallest absolute Gasteiger partial charge is 0.243 e. The lowest BCUT2D eigenvalue weighted by atomic mass is 9.98. The Hall–Kier alpha value is -2.97. The minimum Gasteiger partial charge on any atom is -0.384 e. The van der Waals surface area contributed by atoms with Crippen LogP contribution in [0.2, 0.25) is 0 Å². The van der Waals surface area contributed by atoms with Gasteiger partial charge < -0.3 is 22.1 Å². The van der Waals surface area contributed by atoms with Gasteiger partial charge in [-0.05, 0) is 39.9 Å². The topological polar surface area (TPSA) is 123 Å². The number of amides is 2. The minimum absolute atomic E-state index is 0.0199.